The lowest BCUT2D eigenvalue weighted by molar-refractivity contribution is 0.103. The lowest BCUT2D eigenvalue weighted by atomic mass is 9.95. The smallest absolute Gasteiger partial charge is 0.200 e. The number of phenolic OH excluding ortho intramolecular Hbond substituents is 4. The Morgan fingerprint density at radius 2 is 1.08 bits per heavy atom. The van der Waals surface area contributed by atoms with Crippen molar-refractivity contribution in [2.75, 3.05) is 0 Å². The first-order chi connectivity index (χ1) is 11.5. The zero-order valence-electron chi connectivity index (χ0n) is 12.5. The average molecular weight is 322 g/mol. The minimum Gasteiger partial charge on any atom is -0.504 e. The molecule has 0 heterocycles. The summed E-state index contributed by atoms with van der Waals surface area (Å²) in [4.78, 5) is 12.5. The minimum atomic E-state index is -0.780. The fraction of sp³-hybridized carbons (Fsp3) is 0. The summed E-state index contributed by atoms with van der Waals surface area (Å²) in [5.41, 5.74) is -0.0998. The van der Waals surface area contributed by atoms with Gasteiger partial charge < -0.3 is 20.4 Å². The molecule has 0 bridgehead atoms. The van der Waals surface area contributed by atoms with Crippen LogP contribution in [0.25, 0.3) is 11.1 Å². The highest BCUT2D eigenvalue weighted by atomic mass is 16.3. The van der Waals surface area contributed by atoms with Gasteiger partial charge in [0.1, 0.15) is 5.56 Å². The number of carbonyl (C=O) groups is 1. The molecule has 5 heteroatoms. The van der Waals surface area contributed by atoms with Crippen molar-refractivity contribution < 1.29 is 25.2 Å². The molecule has 24 heavy (non-hydrogen) atoms. The van der Waals surface area contributed by atoms with Gasteiger partial charge in [-0.15, -0.1) is 0 Å². The van der Waals surface area contributed by atoms with Crippen molar-refractivity contribution >= 4 is 5.78 Å². The van der Waals surface area contributed by atoms with Gasteiger partial charge in [0.2, 0.25) is 5.78 Å². The summed E-state index contributed by atoms with van der Waals surface area (Å²) in [7, 11) is 0. The Hall–Kier alpha value is -3.47. The molecule has 0 unspecified atom stereocenters. The molecule has 0 amide bonds. The summed E-state index contributed by atoms with van der Waals surface area (Å²) >= 11 is 0. The van der Waals surface area contributed by atoms with Crippen molar-refractivity contribution in [2.45, 2.75) is 0 Å². The number of rotatable bonds is 3. The highest BCUT2D eigenvalue weighted by Crippen LogP contribution is 2.51. The van der Waals surface area contributed by atoms with Gasteiger partial charge >= 0.3 is 0 Å². The van der Waals surface area contributed by atoms with Gasteiger partial charge in [-0.25, -0.2) is 0 Å². The lowest BCUT2D eigenvalue weighted by Gasteiger charge is -2.15. The highest BCUT2D eigenvalue weighted by molar-refractivity contribution is 6.14. The van der Waals surface area contributed by atoms with Gasteiger partial charge in [-0.3, -0.25) is 4.79 Å². The van der Waals surface area contributed by atoms with E-state index < -0.39 is 34.3 Å². The maximum atomic E-state index is 12.5. The van der Waals surface area contributed by atoms with Crippen LogP contribution >= 0.6 is 0 Å². The normalized spacial score (nSPS) is 10.5. The summed E-state index contributed by atoms with van der Waals surface area (Å²) in [5, 5.41) is 41.0. The summed E-state index contributed by atoms with van der Waals surface area (Å²) in [5.74, 6) is -3.61. The molecule has 0 fully saturated rings. The Balaban J connectivity index is 2.23. The molecule has 120 valence electrons. The average Bonchev–Trinajstić information content (AvgIpc) is 2.62. The zero-order valence-corrected chi connectivity index (χ0v) is 12.5. The third-order valence-corrected chi connectivity index (χ3v) is 3.72. The van der Waals surface area contributed by atoms with Crippen LogP contribution in [0.1, 0.15) is 15.9 Å². The van der Waals surface area contributed by atoms with Gasteiger partial charge in [0.15, 0.2) is 23.0 Å². The van der Waals surface area contributed by atoms with Crippen LogP contribution in [-0.2, 0) is 0 Å². The molecule has 4 N–H and O–H groups in total. The summed E-state index contributed by atoms with van der Waals surface area (Å²) in [6.45, 7) is 0. The second-order valence-corrected chi connectivity index (χ2v) is 5.21. The standard InChI is InChI=1S/C19H14O5/c20-15(12-9-5-2-6-10-12)14-18(23)16(21)13(17(22)19(14)24)11-7-3-1-4-8-11/h1-10,21-24H. The van der Waals surface area contributed by atoms with Crippen molar-refractivity contribution in [1.82, 2.24) is 0 Å². The molecule has 0 aliphatic carbocycles. The monoisotopic (exact) mass is 322 g/mol. The van der Waals surface area contributed by atoms with Crippen molar-refractivity contribution in [3.63, 3.8) is 0 Å². The summed E-state index contributed by atoms with van der Waals surface area (Å²) in [6.07, 6.45) is 0. The van der Waals surface area contributed by atoms with E-state index in [4.69, 9.17) is 0 Å². The van der Waals surface area contributed by atoms with E-state index in [1.807, 2.05) is 0 Å². The van der Waals surface area contributed by atoms with Gasteiger partial charge in [-0.2, -0.15) is 0 Å². The van der Waals surface area contributed by atoms with Crippen LogP contribution in [-0.4, -0.2) is 26.2 Å². The third kappa shape index (κ3) is 2.42. The van der Waals surface area contributed by atoms with Gasteiger partial charge in [0.25, 0.3) is 0 Å². The van der Waals surface area contributed by atoms with E-state index in [2.05, 4.69) is 0 Å². The molecule has 0 atom stereocenters. The largest absolute Gasteiger partial charge is 0.504 e. The number of hydrogen-bond donors (Lipinski definition) is 4. The van der Waals surface area contributed by atoms with E-state index >= 15 is 0 Å². The maximum absolute atomic E-state index is 12.5. The number of aromatic hydroxyl groups is 4. The van der Waals surface area contributed by atoms with Crippen LogP contribution in [0.3, 0.4) is 0 Å². The fourth-order valence-electron chi connectivity index (χ4n) is 2.53. The molecule has 0 saturated heterocycles. The van der Waals surface area contributed by atoms with Gasteiger partial charge in [0, 0.05) is 5.56 Å². The first kappa shape index (κ1) is 15.4. The molecule has 0 aliphatic rings. The van der Waals surface area contributed by atoms with Crippen molar-refractivity contribution in [3.05, 3.63) is 71.8 Å². The Morgan fingerprint density at radius 1 is 0.625 bits per heavy atom. The lowest BCUT2D eigenvalue weighted by Crippen LogP contribution is -2.03. The van der Waals surface area contributed by atoms with E-state index in [1.54, 1.807) is 48.5 Å². The van der Waals surface area contributed by atoms with E-state index in [0.717, 1.165) is 0 Å². The first-order valence-electron chi connectivity index (χ1n) is 7.17. The van der Waals surface area contributed by atoms with E-state index in [1.165, 1.54) is 12.1 Å². The van der Waals surface area contributed by atoms with Crippen LogP contribution in [0.2, 0.25) is 0 Å². The predicted octanol–water partition coefficient (Wildman–Crippen LogP) is 3.41. The number of phenols is 4. The molecule has 0 aromatic heterocycles. The van der Waals surface area contributed by atoms with Crippen molar-refractivity contribution in [2.24, 2.45) is 0 Å². The van der Waals surface area contributed by atoms with E-state index in [9.17, 15) is 25.2 Å². The zero-order chi connectivity index (χ0) is 17.3. The van der Waals surface area contributed by atoms with Gasteiger partial charge in [0.05, 0.1) is 5.56 Å². The molecule has 0 spiro atoms. The Morgan fingerprint density at radius 3 is 1.58 bits per heavy atom. The number of benzene rings is 3. The quantitative estimate of drug-likeness (QED) is 0.336. The maximum Gasteiger partial charge on any atom is 0.200 e. The SMILES string of the molecule is O=C(c1ccccc1)c1c(O)c(O)c(-c2ccccc2)c(O)c1O. The summed E-state index contributed by atoms with van der Waals surface area (Å²) < 4.78 is 0. The molecular weight excluding hydrogens is 308 g/mol. The highest BCUT2D eigenvalue weighted by Gasteiger charge is 2.28. The second kappa shape index (κ2) is 5.96. The van der Waals surface area contributed by atoms with Gasteiger partial charge in [-0.05, 0) is 5.56 Å². The summed E-state index contributed by atoms with van der Waals surface area (Å²) in [6, 6.07) is 16.2. The van der Waals surface area contributed by atoms with Crippen LogP contribution in [0, 0.1) is 0 Å². The van der Waals surface area contributed by atoms with Crippen LogP contribution in [0.5, 0.6) is 23.0 Å². The molecule has 3 rings (SSSR count). The van der Waals surface area contributed by atoms with Crippen molar-refractivity contribution in [1.29, 1.82) is 0 Å². The topological polar surface area (TPSA) is 98.0 Å². The Labute approximate surface area is 137 Å². The van der Waals surface area contributed by atoms with Crippen LogP contribution < -0.4 is 0 Å². The molecule has 3 aromatic rings. The molecule has 5 nitrogen and oxygen atoms in total. The minimum absolute atomic E-state index is 0.143. The Bertz CT molecular complexity index is 873. The van der Waals surface area contributed by atoms with Gasteiger partial charge in [-0.1, -0.05) is 60.7 Å². The first-order valence-corrected chi connectivity index (χ1v) is 7.17. The molecule has 3 aromatic carbocycles. The Kier molecular flexibility index (Phi) is 3.83. The molecule has 0 saturated carbocycles. The molecular formula is C19H14O5. The van der Waals surface area contributed by atoms with Crippen molar-refractivity contribution in [3.8, 4) is 34.1 Å². The van der Waals surface area contributed by atoms with E-state index in [0.29, 0.717) is 5.56 Å². The second-order valence-electron chi connectivity index (χ2n) is 5.21. The molecule has 0 aliphatic heterocycles. The fourth-order valence-corrected chi connectivity index (χ4v) is 2.53. The third-order valence-electron chi connectivity index (χ3n) is 3.72. The number of carbonyl (C=O) groups excluding carboxylic acids is 1. The number of ketones is 1. The number of hydrogen-bond acceptors (Lipinski definition) is 5. The predicted molar refractivity (Wildman–Crippen MR) is 88.4 cm³/mol. The van der Waals surface area contributed by atoms with Crippen LogP contribution in [0.15, 0.2) is 60.7 Å². The van der Waals surface area contributed by atoms with E-state index in [-0.39, 0.29) is 11.1 Å². The molecule has 0 radical (unpaired) electrons. The van der Waals surface area contributed by atoms with Crippen LogP contribution in [0.4, 0.5) is 0 Å².